The molecule has 2 amide bonds. The summed E-state index contributed by atoms with van der Waals surface area (Å²) in [5.41, 5.74) is 2.19. The van der Waals surface area contributed by atoms with E-state index in [4.69, 9.17) is 14.5 Å². The molecule has 214 valence electrons. The Morgan fingerprint density at radius 3 is 2.67 bits per heavy atom. The lowest BCUT2D eigenvalue weighted by Gasteiger charge is -2.44. The number of nitrogens with one attached hydrogen (secondary N) is 1. The molecule has 2 fully saturated rings. The third-order valence-corrected chi connectivity index (χ3v) is 7.17. The zero-order chi connectivity index (χ0) is 28.0. The first-order valence-electron chi connectivity index (χ1n) is 13.5. The molecule has 0 saturated carbocycles. The average molecular weight is 551 g/mol. The summed E-state index contributed by atoms with van der Waals surface area (Å²) >= 11 is 0. The summed E-state index contributed by atoms with van der Waals surface area (Å²) in [5, 5.41) is 3.06. The lowest BCUT2D eigenvalue weighted by Crippen LogP contribution is -2.59. The highest BCUT2D eigenvalue weighted by atomic mass is 19.4. The molecule has 1 N–H and O–H groups in total. The molecular weight excluding hydrogens is 513 g/mol. The van der Waals surface area contributed by atoms with Crippen molar-refractivity contribution in [1.29, 1.82) is 0 Å². The van der Waals surface area contributed by atoms with Crippen molar-refractivity contribution in [2.24, 2.45) is 0 Å². The van der Waals surface area contributed by atoms with Crippen LogP contribution < -0.4 is 19.7 Å². The number of amides is 2. The van der Waals surface area contributed by atoms with Crippen molar-refractivity contribution >= 4 is 11.7 Å². The summed E-state index contributed by atoms with van der Waals surface area (Å²) in [6.07, 6.45) is -1.73. The number of halogens is 3. The zero-order valence-electron chi connectivity index (χ0n) is 22.7. The van der Waals surface area contributed by atoms with Crippen LogP contribution >= 0.6 is 0 Å². The van der Waals surface area contributed by atoms with Gasteiger partial charge in [0.2, 0.25) is 11.8 Å². The standard InChI is InChI=1S/C27H37F3N6O3/c1-4-19-18-34(26(37)36-14-7-9-23(36)27(28,29)30)15-16-35(19)22-11-10-21(33-25(22)39-17-13-31-3)20-8-6-12-32-24(20)38-5-2/h6,8,10-12,19,23,31H,4-5,7,9,13-18H2,1-3H3/t19-,23+/m1/s1. The fourth-order valence-electron chi connectivity index (χ4n) is 5.21. The second-order valence-electron chi connectivity index (χ2n) is 9.64. The number of carbonyl (C=O) groups excluding carboxylic acids is 1. The molecule has 2 atom stereocenters. The van der Waals surface area contributed by atoms with Gasteiger partial charge in [0, 0.05) is 45.0 Å². The molecular formula is C27H37F3N6O3. The van der Waals surface area contributed by atoms with E-state index in [1.54, 1.807) is 11.1 Å². The summed E-state index contributed by atoms with van der Waals surface area (Å²) in [4.78, 5) is 27.0. The first-order valence-corrected chi connectivity index (χ1v) is 13.5. The number of ether oxygens (including phenoxy) is 2. The first kappa shape index (κ1) is 28.7. The van der Waals surface area contributed by atoms with Gasteiger partial charge in [-0.1, -0.05) is 6.92 Å². The number of alkyl halides is 3. The van der Waals surface area contributed by atoms with Crippen molar-refractivity contribution in [1.82, 2.24) is 25.1 Å². The molecule has 0 spiro atoms. The SMILES string of the molecule is CCOc1ncccc1-c1ccc(N2CCN(C(=O)N3CCC[C@H]3C(F)(F)F)C[C@H]2CC)c(OCCNC)n1. The maximum absolute atomic E-state index is 13.5. The van der Waals surface area contributed by atoms with Gasteiger partial charge < -0.3 is 29.5 Å². The molecule has 0 radical (unpaired) electrons. The number of rotatable bonds is 9. The van der Waals surface area contributed by atoms with Gasteiger partial charge in [-0.05, 0) is 57.5 Å². The molecule has 0 unspecified atom stereocenters. The minimum Gasteiger partial charge on any atom is -0.477 e. The van der Waals surface area contributed by atoms with Crippen LogP contribution in [0.5, 0.6) is 11.8 Å². The number of pyridine rings is 2. The Balaban J connectivity index is 1.58. The monoisotopic (exact) mass is 550 g/mol. The van der Waals surface area contributed by atoms with Gasteiger partial charge in [-0.2, -0.15) is 13.2 Å². The Labute approximate surface area is 227 Å². The average Bonchev–Trinajstić information content (AvgIpc) is 3.44. The molecule has 2 saturated heterocycles. The Morgan fingerprint density at radius 2 is 1.95 bits per heavy atom. The van der Waals surface area contributed by atoms with Gasteiger partial charge >= 0.3 is 12.2 Å². The topological polar surface area (TPSA) is 83.1 Å². The minimum atomic E-state index is -4.42. The van der Waals surface area contributed by atoms with E-state index in [-0.39, 0.29) is 19.0 Å². The summed E-state index contributed by atoms with van der Waals surface area (Å²) in [6, 6.07) is 5.20. The van der Waals surface area contributed by atoms with Crippen molar-refractivity contribution in [2.45, 2.75) is 51.4 Å². The number of hydrogen-bond donors (Lipinski definition) is 1. The number of piperazine rings is 1. The van der Waals surface area contributed by atoms with E-state index in [1.807, 2.05) is 45.2 Å². The van der Waals surface area contributed by atoms with E-state index in [9.17, 15) is 18.0 Å². The first-order chi connectivity index (χ1) is 18.8. The van der Waals surface area contributed by atoms with E-state index in [2.05, 4.69) is 15.2 Å². The quantitative estimate of drug-likeness (QED) is 0.469. The summed E-state index contributed by atoms with van der Waals surface area (Å²) < 4.78 is 52.3. The fraction of sp³-hybridized carbons (Fsp3) is 0.593. The van der Waals surface area contributed by atoms with Crippen LogP contribution in [-0.4, -0.2) is 97.0 Å². The fourth-order valence-corrected chi connectivity index (χ4v) is 5.21. The van der Waals surface area contributed by atoms with Crippen LogP contribution in [0.2, 0.25) is 0 Å². The molecule has 9 nitrogen and oxygen atoms in total. The number of anilines is 1. The van der Waals surface area contributed by atoms with Gasteiger partial charge in [0.15, 0.2) is 0 Å². The molecule has 4 heterocycles. The second-order valence-corrected chi connectivity index (χ2v) is 9.64. The minimum absolute atomic E-state index is 0.0420. The molecule has 2 aromatic rings. The highest BCUT2D eigenvalue weighted by Gasteiger charge is 2.49. The summed E-state index contributed by atoms with van der Waals surface area (Å²) in [7, 11) is 1.84. The van der Waals surface area contributed by atoms with Crippen LogP contribution in [0, 0.1) is 0 Å². The Morgan fingerprint density at radius 1 is 1.13 bits per heavy atom. The van der Waals surface area contributed by atoms with Crippen LogP contribution in [0.1, 0.15) is 33.1 Å². The normalized spacial score (nSPS) is 19.9. The van der Waals surface area contributed by atoms with Crippen molar-refractivity contribution in [3.8, 4) is 23.0 Å². The third kappa shape index (κ3) is 6.48. The van der Waals surface area contributed by atoms with Crippen LogP contribution in [-0.2, 0) is 0 Å². The van der Waals surface area contributed by atoms with E-state index in [0.29, 0.717) is 69.7 Å². The number of nitrogens with zero attached hydrogens (tertiary/aromatic N) is 5. The van der Waals surface area contributed by atoms with E-state index in [1.165, 1.54) is 0 Å². The van der Waals surface area contributed by atoms with Gasteiger partial charge in [-0.3, -0.25) is 0 Å². The van der Waals surface area contributed by atoms with E-state index >= 15 is 0 Å². The number of hydrogen-bond acceptors (Lipinski definition) is 7. The molecule has 2 aromatic heterocycles. The number of aromatic nitrogens is 2. The van der Waals surface area contributed by atoms with Gasteiger partial charge in [0.25, 0.3) is 0 Å². The molecule has 0 aromatic carbocycles. The zero-order valence-corrected chi connectivity index (χ0v) is 22.7. The van der Waals surface area contributed by atoms with Gasteiger partial charge in [0.05, 0.1) is 17.9 Å². The predicted octanol–water partition coefficient (Wildman–Crippen LogP) is 4.19. The van der Waals surface area contributed by atoms with Crippen molar-refractivity contribution in [3.05, 3.63) is 30.5 Å². The molecule has 0 aliphatic carbocycles. The predicted molar refractivity (Wildman–Crippen MR) is 142 cm³/mol. The van der Waals surface area contributed by atoms with Crippen molar-refractivity contribution in [3.63, 3.8) is 0 Å². The Hall–Kier alpha value is -3.28. The van der Waals surface area contributed by atoms with Crippen LogP contribution in [0.15, 0.2) is 30.5 Å². The van der Waals surface area contributed by atoms with Crippen LogP contribution in [0.25, 0.3) is 11.3 Å². The highest BCUT2D eigenvalue weighted by Crippen LogP contribution is 2.37. The van der Waals surface area contributed by atoms with Gasteiger partial charge in [-0.15, -0.1) is 0 Å². The Kier molecular flexibility index (Phi) is 9.36. The third-order valence-electron chi connectivity index (χ3n) is 7.17. The lowest BCUT2D eigenvalue weighted by molar-refractivity contribution is -0.170. The Bertz CT molecular complexity index is 1120. The maximum atomic E-state index is 13.5. The number of likely N-dealkylation sites (tertiary alicyclic amines) is 1. The van der Waals surface area contributed by atoms with Gasteiger partial charge in [0.1, 0.15) is 18.3 Å². The second kappa shape index (κ2) is 12.7. The molecule has 39 heavy (non-hydrogen) atoms. The summed E-state index contributed by atoms with van der Waals surface area (Å²) in [6.45, 7) is 6.61. The number of carbonyl (C=O) groups is 1. The molecule has 4 rings (SSSR count). The molecule has 2 aliphatic rings. The number of likely N-dealkylation sites (N-methyl/N-ethyl adjacent to an activating group) is 1. The van der Waals surface area contributed by atoms with Crippen LogP contribution in [0.4, 0.5) is 23.7 Å². The van der Waals surface area contributed by atoms with E-state index in [0.717, 1.165) is 16.2 Å². The van der Waals surface area contributed by atoms with Crippen molar-refractivity contribution < 1.29 is 27.4 Å². The molecule has 12 heteroatoms. The smallest absolute Gasteiger partial charge is 0.408 e. The maximum Gasteiger partial charge on any atom is 0.408 e. The van der Waals surface area contributed by atoms with Crippen molar-refractivity contribution in [2.75, 3.05) is 57.9 Å². The molecule has 2 aliphatic heterocycles. The number of urea groups is 1. The lowest BCUT2D eigenvalue weighted by atomic mass is 10.1. The van der Waals surface area contributed by atoms with Crippen LogP contribution in [0.3, 0.4) is 0 Å². The highest BCUT2D eigenvalue weighted by molar-refractivity contribution is 5.76. The largest absolute Gasteiger partial charge is 0.477 e. The van der Waals surface area contributed by atoms with E-state index < -0.39 is 18.2 Å². The van der Waals surface area contributed by atoms with Gasteiger partial charge in [-0.25, -0.2) is 14.8 Å². The molecule has 0 bridgehead atoms. The summed E-state index contributed by atoms with van der Waals surface area (Å²) in [5.74, 6) is 0.933.